The highest BCUT2D eigenvalue weighted by molar-refractivity contribution is 5.65. The van der Waals surface area contributed by atoms with Gasteiger partial charge in [0.2, 0.25) is 0 Å². The third kappa shape index (κ3) is 3.42. The van der Waals surface area contributed by atoms with Crippen LogP contribution in [0.25, 0.3) is 17.1 Å². The Balaban J connectivity index is 1.47. The molecule has 0 amide bonds. The molecule has 3 aromatic heterocycles. The number of fused-ring (bicyclic) bond motifs is 1. The predicted octanol–water partition coefficient (Wildman–Crippen LogP) is 3.01. The maximum absolute atomic E-state index is 12.8. The third-order valence-electron chi connectivity index (χ3n) is 6.18. The summed E-state index contributed by atoms with van der Waals surface area (Å²) in [5, 5.41) is 17.0. The lowest BCUT2D eigenvalue weighted by Gasteiger charge is -2.07. The van der Waals surface area contributed by atoms with Gasteiger partial charge in [-0.2, -0.15) is 10.4 Å². The van der Waals surface area contributed by atoms with E-state index in [4.69, 9.17) is 10.4 Å². The second kappa shape index (κ2) is 7.93. The summed E-state index contributed by atoms with van der Waals surface area (Å²) < 4.78 is 3.41. The normalized spacial score (nSPS) is 13.0. The van der Waals surface area contributed by atoms with Crippen LogP contribution in [0.2, 0.25) is 0 Å². The van der Waals surface area contributed by atoms with Crippen LogP contribution >= 0.6 is 0 Å². The largest absolute Gasteiger partial charge is 0.293 e. The Labute approximate surface area is 185 Å². The van der Waals surface area contributed by atoms with E-state index < -0.39 is 0 Å². The maximum atomic E-state index is 12.8. The van der Waals surface area contributed by atoms with Crippen molar-refractivity contribution < 1.29 is 0 Å². The van der Waals surface area contributed by atoms with Gasteiger partial charge in [-0.15, -0.1) is 0 Å². The second-order valence-corrected chi connectivity index (χ2v) is 8.19. The number of nitrogens with zero attached hydrogens (tertiary/aromatic N) is 6. The van der Waals surface area contributed by atoms with Crippen LogP contribution in [-0.4, -0.2) is 29.5 Å². The first kappa shape index (κ1) is 19.9. The van der Waals surface area contributed by atoms with Gasteiger partial charge in [0, 0.05) is 42.0 Å². The zero-order valence-electron chi connectivity index (χ0n) is 18.1. The molecule has 0 saturated heterocycles. The first-order valence-electron chi connectivity index (χ1n) is 10.7. The Bertz CT molecular complexity index is 1400. The molecule has 1 aromatic carbocycles. The van der Waals surface area contributed by atoms with Crippen molar-refractivity contribution in [3.63, 3.8) is 0 Å². The van der Waals surface area contributed by atoms with Crippen molar-refractivity contribution in [1.82, 2.24) is 29.5 Å². The number of benzene rings is 1. The molecule has 1 aliphatic carbocycles. The minimum absolute atomic E-state index is 0.0100. The minimum atomic E-state index is -0.0100. The Morgan fingerprint density at radius 1 is 1.16 bits per heavy atom. The number of nitrogens with one attached hydrogen (secondary N) is 1. The molecule has 0 saturated carbocycles. The summed E-state index contributed by atoms with van der Waals surface area (Å²) in [6, 6.07) is 11.4. The maximum Gasteiger partial charge on any atom is 0.276 e. The van der Waals surface area contributed by atoms with Crippen LogP contribution in [-0.2, 0) is 26.3 Å². The van der Waals surface area contributed by atoms with Gasteiger partial charge in [-0.1, -0.05) is 12.1 Å². The van der Waals surface area contributed by atoms with E-state index in [2.05, 4.69) is 21.1 Å². The Morgan fingerprint density at radius 2 is 1.94 bits per heavy atom. The lowest BCUT2D eigenvalue weighted by molar-refractivity contribution is 0.670. The van der Waals surface area contributed by atoms with Gasteiger partial charge < -0.3 is 0 Å². The van der Waals surface area contributed by atoms with Gasteiger partial charge in [-0.25, -0.2) is 14.6 Å². The first-order valence-corrected chi connectivity index (χ1v) is 10.7. The van der Waals surface area contributed by atoms with Crippen molar-refractivity contribution in [2.45, 2.75) is 39.0 Å². The molecular weight excluding hydrogens is 402 g/mol. The fourth-order valence-corrected chi connectivity index (χ4v) is 4.41. The monoisotopic (exact) mass is 425 g/mol. The van der Waals surface area contributed by atoms with Crippen molar-refractivity contribution in [1.29, 1.82) is 5.26 Å². The lowest BCUT2D eigenvalue weighted by atomic mass is 9.98. The molecule has 1 N–H and O–H groups in total. The van der Waals surface area contributed by atoms with E-state index >= 15 is 0 Å². The molecule has 5 rings (SSSR count). The number of hydrogen-bond acceptors (Lipinski definition) is 5. The van der Waals surface area contributed by atoms with E-state index in [1.54, 1.807) is 16.8 Å². The number of aromatic nitrogens is 6. The molecular formula is C24H23N7O. The van der Waals surface area contributed by atoms with Gasteiger partial charge in [0.1, 0.15) is 6.33 Å². The third-order valence-corrected chi connectivity index (χ3v) is 6.18. The summed E-state index contributed by atoms with van der Waals surface area (Å²) in [5.74, 6) is 0.557. The van der Waals surface area contributed by atoms with Crippen LogP contribution in [0.4, 0.5) is 0 Å². The Morgan fingerprint density at radius 3 is 2.69 bits per heavy atom. The molecule has 0 spiro atoms. The van der Waals surface area contributed by atoms with Crippen LogP contribution in [0.15, 0.2) is 41.5 Å². The number of nitriles is 1. The van der Waals surface area contributed by atoms with E-state index in [0.29, 0.717) is 17.8 Å². The molecule has 0 aliphatic heterocycles. The number of H-pyrrole nitrogens is 1. The number of aryl methyl sites for hydroxylation is 2. The molecule has 32 heavy (non-hydrogen) atoms. The van der Waals surface area contributed by atoms with E-state index in [0.717, 1.165) is 65.1 Å². The fourth-order valence-electron chi connectivity index (χ4n) is 4.41. The summed E-state index contributed by atoms with van der Waals surface area (Å²) in [7, 11) is 1.92. The molecule has 8 nitrogen and oxygen atoms in total. The van der Waals surface area contributed by atoms with Crippen LogP contribution < -0.4 is 5.56 Å². The standard InChI is InChI=1S/C24H23N7O/c1-15-21(30(2)29-23(15)17-9-7-16(13-25)8-10-17)11-18-12-22(27-14-26-18)31-24(32)19-5-3-4-6-20(19)28-31/h7-10,12,14,28H,3-6,11H2,1-2H3. The van der Waals surface area contributed by atoms with Gasteiger partial charge in [0.15, 0.2) is 5.82 Å². The predicted molar refractivity (Wildman–Crippen MR) is 120 cm³/mol. The second-order valence-electron chi connectivity index (χ2n) is 8.19. The molecule has 0 fully saturated rings. The number of rotatable bonds is 4. The number of aromatic amines is 1. The van der Waals surface area contributed by atoms with Crippen LogP contribution in [0.5, 0.6) is 0 Å². The van der Waals surface area contributed by atoms with E-state index in [-0.39, 0.29) is 5.56 Å². The highest BCUT2D eigenvalue weighted by atomic mass is 16.1. The molecule has 160 valence electrons. The zero-order valence-corrected chi connectivity index (χ0v) is 18.1. The van der Waals surface area contributed by atoms with Gasteiger partial charge >= 0.3 is 0 Å². The SMILES string of the molecule is Cc1c(-c2ccc(C#N)cc2)nn(C)c1Cc1cc(-n2[nH]c3c(c2=O)CCCC3)ncn1. The topological polar surface area (TPSA) is 105 Å². The lowest BCUT2D eigenvalue weighted by Crippen LogP contribution is -2.19. The van der Waals surface area contributed by atoms with Crippen molar-refractivity contribution in [3.05, 3.63) is 80.8 Å². The van der Waals surface area contributed by atoms with Crippen molar-refractivity contribution in [2.75, 3.05) is 0 Å². The van der Waals surface area contributed by atoms with E-state index in [1.165, 1.54) is 6.33 Å². The van der Waals surface area contributed by atoms with Gasteiger partial charge in [-0.05, 0) is 50.3 Å². The van der Waals surface area contributed by atoms with Crippen molar-refractivity contribution in [2.24, 2.45) is 7.05 Å². The smallest absolute Gasteiger partial charge is 0.276 e. The molecule has 0 unspecified atom stereocenters. The molecule has 1 aliphatic rings. The number of hydrogen-bond donors (Lipinski definition) is 1. The molecule has 8 heteroatoms. The first-order chi connectivity index (χ1) is 15.5. The average molecular weight is 425 g/mol. The van der Waals surface area contributed by atoms with Crippen LogP contribution in [0.3, 0.4) is 0 Å². The quantitative estimate of drug-likeness (QED) is 0.541. The molecule has 4 aromatic rings. The molecule has 0 bridgehead atoms. The molecule has 3 heterocycles. The average Bonchev–Trinajstić information content (AvgIpc) is 3.31. The van der Waals surface area contributed by atoms with Crippen LogP contribution in [0.1, 0.15) is 46.6 Å². The summed E-state index contributed by atoms with van der Waals surface area (Å²) in [5.41, 5.74) is 7.28. The zero-order chi connectivity index (χ0) is 22.2. The van der Waals surface area contributed by atoms with Crippen molar-refractivity contribution in [3.8, 4) is 23.1 Å². The Kier molecular flexibility index (Phi) is 4.94. The summed E-state index contributed by atoms with van der Waals surface area (Å²) >= 11 is 0. The molecule has 0 radical (unpaired) electrons. The highest BCUT2D eigenvalue weighted by Gasteiger charge is 2.20. The fraction of sp³-hybridized carbons (Fsp3) is 0.292. The van der Waals surface area contributed by atoms with Crippen LogP contribution in [0, 0.1) is 18.3 Å². The molecule has 0 atom stereocenters. The Hall–Kier alpha value is -3.99. The van der Waals surface area contributed by atoms with Gasteiger partial charge in [0.05, 0.1) is 23.0 Å². The summed E-state index contributed by atoms with van der Waals surface area (Å²) in [6.45, 7) is 2.04. The van der Waals surface area contributed by atoms with E-state index in [9.17, 15) is 4.79 Å². The minimum Gasteiger partial charge on any atom is -0.293 e. The van der Waals surface area contributed by atoms with E-state index in [1.807, 2.05) is 36.9 Å². The van der Waals surface area contributed by atoms with Crippen molar-refractivity contribution >= 4 is 0 Å². The van der Waals surface area contributed by atoms with Gasteiger partial charge in [0.25, 0.3) is 5.56 Å². The summed E-state index contributed by atoms with van der Waals surface area (Å²) in [4.78, 5) is 21.6. The van der Waals surface area contributed by atoms with Gasteiger partial charge in [-0.3, -0.25) is 14.6 Å². The summed E-state index contributed by atoms with van der Waals surface area (Å²) in [6.07, 6.45) is 5.95. The highest BCUT2D eigenvalue weighted by Crippen LogP contribution is 2.26.